The van der Waals surface area contributed by atoms with Crippen LogP contribution in [0.2, 0.25) is 10.2 Å². The molecule has 0 aliphatic carbocycles. The number of aromatic nitrogens is 3. The molecule has 0 radical (unpaired) electrons. The van der Waals surface area contributed by atoms with Crippen LogP contribution in [0.3, 0.4) is 0 Å². The molecule has 1 aliphatic heterocycles. The van der Waals surface area contributed by atoms with Crippen molar-refractivity contribution in [2.75, 3.05) is 20.2 Å². The molecule has 0 bridgehead atoms. The summed E-state index contributed by atoms with van der Waals surface area (Å²) in [5.41, 5.74) is 0.818. The van der Waals surface area contributed by atoms with E-state index in [1.54, 1.807) is 12.1 Å². The van der Waals surface area contributed by atoms with Gasteiger partial charge < -0.3 is 9.64 Å². The van der Waals surface area contributed by atoms with Gasteiger partial charge in [-0.05, 0) is 37.9 Å². The second kappa shape index (κ2) is 8.19. The fourth-order valence-electron chi connectivity index (χ4n) is 4.11. The minimum absolute atomic E-state index is 0.0600. The summed E-state index contributed by atoms with van der Waals surface area (Å²) in [6, 6.07) is 11.5. The van der Waals surface area contributed by atoms with Crippen LogP contribution in [0.5, 0.6) is 6.01 Å². The predicted molar refractivity (Wildman–Crippen MR) is 121 cm³/mol. The average Bonchev–Trinajstić information content (AvgIpc) is 3.18. The van der Waals surface area contributed by atoms with Gasteiger partial charge in [0.05, 0.1) is 5.39 Å². The summed E-state index contributed by atoms with van der Waals surface area (Å²) in [4.78, 5) is 15.1. The number of hydrogen-bond acceptors (Lipinski definition) is 5. The van der Waals surface area contributed by atoms with Crippen LogP contribution >= 0.6 is 23.2 Å². The first-order valence-electron chi connectivity index (χ1n) is 10.1. The number of hydrogen-bond donors (Lipinski definition) is 0. The van der Waals surface area contributed by atoms with Gasteiger partial charge in [0.1, 0.15) is 23.0 Å². The van der Waals surface area contributed by atoms with Gasteiger partial charge >= 0.3 is 6.01 Å². The maximum Gasteiger partial charge on any atom is 0.318 e. The molecule has 1 fully saturated rings. The molecule has 31 heavy (non-hydrogen) atoms. The van der Waals surface area contributed by atoms with E-state index >= 15 is 4.39 Å². The number of likely N-dealkylation sites (tertiary alicyclic amines) is 1. The molecule has 5 nitrogen and oxygen atoms in total. The van der Waals surface area contributed by atoms with E-state index in [4.69, 9.17) is 27.9 Å². The quantitative estimate of drug-likeness (QED) is 0.365. The van der Waals surface area contributed by atoms with E-state index in [2.05, 4.69) is 26.9 Å². The van der Waals surface area contributed by atoms with E-state index in [0.717, 1.165) is 30.2 Å². The molecule has 2 aromatic heterocycles. The van der Waals surface area contributed by atoms with Crippen LogP contribution in [0.4, 0.5) is 4.39 Å². The fraction of sp³-hybridized carbons (Fsp3) is 0.261. The molecule has 0 spiro atoms. The second-order valence-electron chi connectivity index (χ2n) is 7.71. The van der Waals surface area contributed by atoms with E-state index in [9.17, 15) is 0 Å². The average molecular weight is 457 g/mol. The van der Waals surface area contributed by atoms with Crippen LogP contribution in [0.15, 0.2) is 42.6 Å². The van der Waals surface area contributed by atoms with E-state index < -0.39 is 5.82 Å². The molecule has 5 rings (SSSR count). The maximum absolute atomic E-state index is 15.7. The largest absolute Gasteiger partial charge is 0.462 e. The van der Waals surface area contributed by atoms with E-state index in [1.807, 2.05) is 24.3 Å². The summed E-state index contributed by atoms with van der Waals surface area (Å²) >= 11 is 12.7. The molecule has 0 unspecified atom stereocenters. The Bertz CT molecular complexity index is 1290. The number of ether oxygens (including phenoxy) is 1. The minimum Gasteiger partial charge on any atom is -0.462 e. The summed E-state index contributed by atoms with van der Waals surface area (Å²) < 4.78 is 21.4. The summed E-state index contributed by atoms with van der Waals surface area (Å²) in [6.07, 6.45) is 3.66. The lowest BCUT2D eigenvalue weighted by molar-refractivity contribution is 0.188. The van der Waals surface area contributed by atoms with Crippen molar-refractivity contribution in [3.8, 4) is 17.3 Å². The van der Waals surface area contributed by atoms with Gasteiger partial charge in [-0.2, -0.15) is 9.97 Å². The maximum atomic E-state index is 15.7. The summed E-state index contributed by atoms with van der Waals surface area (Å²) in [5, 5.41) is 2.60. The molecule has 3 heterocycles. The van der Waals surface area contributed by atoms with Gasteiger partial charge in [-0.15, -0.1) is 0 Å². The van der Waals surface area contributed by atoms with Gasteiger partial charge in [0.25, 0.3) is 0 Å². The van der Waals surface area contributed by atoms with Crippen molar-refractivity contribution in [2.24, 2.45) is 0 Å². The molecular weight excluding hydrogens is 438 g/mol. The van der Waals surface area contributed by atoms with E-state index in [1.165, 1.54) is 6.20 Å². The van der Waals surface area contributed by atoms with Crippen molar-refractivity contribution < 1.29 is 9.13 Å². The van der Waals surface area contributed by atoms with Gasteiger partial charge in [0.15, 0.2) is 5.82 Å². The summed E-state index contributed by atoms with van der Waals surface area (Å²) in [5.74, 6) is -0.586. The Kier molecular flexibility index (Phi) is 5.38. The molecule has 1 saturated heterocycles. The highest BCUT2D eigenvalue weighted by Gasteiger charge is 2.23. The first kappa shape index (κ1) is 20.4. The third kappa shape index (κ3) is 3.69. The lowest BCUT2D eigenvalue weighted by atomic mass is 10.0. The Hall–Kier alpha value is -2.54. The Labute approximate surface area is 188 Å². The van der Waals surface area contributed by atoms with Crippen molar-refractivity contribution in [3.63, 3.8) is 0 Å². The highest BCUT2D eigenvalue weighted by molar-refractivity contribution is 6.36. The lowest BCUT2D eigenvalue weighted by Gasteiger charge is -2.19. The molecule has 0 saturated carbocycles. The zero-order chi connectivity index (χ0) is 21.5. The van der Waals surface area contributed by atoms with Crippen molar-refractivity contribution >= 4 is 44.9 Å². The molecular formula is C23H19Cl2FN4O. The van der Waals surface area contributed by atoms with Gasteiger partial charge in [0, 0.05) is 28.2 Å². The molecule has 1 aliphatic rings. The lowest BCUT2D eigenvalue weighted by Crippen LogP contribution is -2.30. The zero-order valence-corrected chi connectivity index (χ0v) is 18.3. The Balaban J connectivity index is 1.59. The van der Waals surface area contributed by atoms with Crippen LogP contribution in [-0.2, 0) is 0 Å². The van der Waals surface area contributed by atoms with Crippen LogP contribution in [-0.4, -0.2) is 46.1 Å². The van der Waals surface area contributed by atoms with Crippen molar-refractivity contribution in [3.05, 3.63) is 58.6 Å². The molecule has 0 amide bonds. The van der Waals surface area contributed by atoms with Gasteiger partial charge in [-0.3, -0.25) is 4.98 Å². The monoisotopic (exact) mass is 456 g/mol. The molecule has 1 atom stereocenters. The third-order valence-corrected chi connectivity index (χ3v) is 6.41. The molecule has 8 heteroatoms. The van der Waals surface area contributed by atoms with E-state index in [0.29, 0.717) is 22.6 Å². The standard InChI is InChI=1S/C23H19Cl2FN4O/c1-30-10-4-7-14(30)12-31-23-28-21-16(22(25)29-23)11-27-20(19(21)26)15-8-2-5-13-6-3-9-17(24)18(13)15/h2-3,5-6,8-9,11,14H,4,7,10,12H2,1H3/t14-/m0/s1. The SMILES string of the molecule is CN1CCC[C@H]1COc1nc(Cl)c2cnc(-c3cccc4cccc(Cl)c34)c(F)c2n1. The highest BCUT2D eigenvalue weighted by atomic mass is 35.5. The summed E-state index contributed by atoms with van der Waals surface area (Å²) in [6.45, 7) is 1.46. The fourth-order valence-corrected chi connectivity index (χ4v) is 4.60. The Morgan fingerprint density at radius 1 is 1.16 bits per heavy atom. The van der Waals surface area contributed by atoms with Gasteiger partial charge in [-0.1, -0.05) is 53.5 Å². The van der Waals surface area contributed by atoms with Crippen LogP contribution in [0.1, 0.15) is 12.8 Å². The number of benzene rings is 2. The molecule has 158 valence electrons. The number of fused-ring (bicyclic) bond motifs is 2. The van der Waals surface area contributed by atoms with Crippen molar-refractivity contribution in [1.29, 1.82) is 0 Å². The third-order valence-electron chi connectivity index (χ3n) is 5.80. The smallest absolute Gasteiger partial charge is 0.318 e. The van der Waals surface area contributed by atoms with Crippen molar-refractivity contribution in [1.82, 2.24) is 19.9 Å². The molecule has 2 aromatic carbocycles. The first-order chi connectivity index (χ1) is 15.0. The van der Waals surface area contributed by atoms with E-state index in [-0.39, 0.29) is 28.4 Å². The van der Waals surface area contributed by atoms with Crippen LogP contribution in [0.25, 0.3) is 32.9 Å². The highest BCUT2D eigenvalue weighted by Crippen LogP contribution is 2.36. The topological polar surface area (TPSA) is 51.1 Å². The van der Waals surface area contributed by atoms with Crippen LogP contribution < -0.4 is 4.74 Å². The minimum atomic E-state index is -0.586. The number of nitrogens with zero attached hydrogens (tertiary/aromatic N) is 4. The number of rotatable bonds is 4. The predicted octanol–water partition coefficient (Wildman–Crippen LogP) is 5.76. The Morgan fingerprint density at radius 3 is 2.74 bits per heavy atom. The summed E-state index contributed by atoms with van der Waals surface area (Å²) in [7, 11) is 2.06. The molecule has 0 N–H and O–H groups in total. The Morgan fingerprint density at radius 2 is 1.97 bits per heavy atom. The zero-order valence-electron chi connectivity index (χ0n) is 16.8. The number of halogens is 3. The van der Waals surface area contributed by atoms with Crippen LogP contribution in [0, 0.1) is 5.82 Å². The van der Waals surface area contributed by atoms with Crippen molar-refractivity contribution in [2.45, 2.75) is 18.9 Å². The molecule has 4 aromatic rings. The van der Waals surface area contributed by atoms with Gasteiger partial charge in [-0.25, -0.2) is 4.39 Å². The van der Waals surface area contributed by atoms with Gasteiger partial charge in [0.2, 0.25) is 0 Å². The number of likely N-dealkylation sites (N-methyl/N-ethyl adjacent to an activating group) is 1. The second-order valence-corrected chi connectivity index (χ2v) is 8.48. The first-order valence-corrected chi connectivity index (χ1v) is 10.8. The number of pyridine rings is 1. The normalized spacial score (nSPS) is 17.0.